The van der Waals surface area contributed by atoms with Crippen LogP contribution in [-0.4, -0.2) is 112 Å². The Morgan fingerprint density at radius 1 is 0.978 bits per heavy atom. The largest absolute Gasteiger partial charge is 0.478 e. The molecule has 12 heteroatoms. The summed E-state index contributed by atoms with van der Waals surface area (Å²) in [5, 5.41) is 5.52. The third-order valence-corrected chi connectivity index (χ3v) is 9.19. The van der Waals surface area contributed by atoms with Crippen LogP contribution in [0, 0.1) is 11.8 Å². The molecule has 2 fully saturated rings. The van der Waals surface area contributed by atoms with Crippen LogP contribution >= 0.6 is 0 Å². The highest BCUT2D eigenvalue weighted by molar-refractivity contribution is 5.87. The molecule has 1 aliphatic carbocycles. The summed E-state index contributed by atoms with van der Waals surface area (Å²) >= 11 is 0. The van der Waals surface area contributed by atoms with E-state index >= 15 is 0 Å². The molecule has 1 amide bonds. The summed E-state index contributed by atoms with van der Waals surface area (Å²) in [7, 11) is 1.77. The van der Waals surface area contributed by atoms with Gasteiger partial charge in [0.25, 0.3) is 0 Å². The van der Waals surface area contributed by atoms with Crippen molar-refractivity contribution in [3.8, 4) is 11.9 Å². The van der Waals surface area contributed by atoms with Crippen molar-refractivity contribution in [2.75, 3.05) is 71.1 Å². The van der Waals surface area contributed by atoms with Crippen molar-refractivity contribution in [2.24, 2.45) is 11.8 Å². The van der Waals surface area contributed by atoms with E-state index in [1.165, 1.54) is 0 Å². The molecule has 1 aliphatic heterocycles. The van der Waals surface area contributed by atoms with Gasteiger partial charge in [0.15, 0.2) is 5.65 Å². The molecule has 0 atom stereocenters. The molecule has 4 heterocycles. The maximum Gasteiger partial charge on any atom is 0.320 e. The van der Waals surface area contributed by atoms with Crippen LogP contribution in [0.3, 0.4) is 0 Å². The molecule has 252 valence electrons. The quantitative estimate of drug-likeness (QED) is 0.270. The summed E-state index contributed by atoms with van der Waals surface area (Å²) in [5.74, 6) is 2.44. The number of methoxy groups -OCH3 is 1. The first-order chi connectivity index (χ1) is 22.2. The van der Waals surface area contributed by atoms with Crippen LogP contribution in [0.15, 0.2) is 24.4 Å². The van der Waals surface area contributed by atoms with Gasteiger partial charge in [0, 0.05) is 63.9 Å². The van der Waals surface area contributed by atoms with Gasteiger partial charge in [0.05, 0.1) is 43.6 Å². The Balaban J connectivity index is 1.21. The highest BCUT2D eigenvalue weighted by Crippen LogP contribution is 2.33. The summed E-state index contributed by atoms with van der Waals surface area (Å²) in [5.41, 5.74) is 1.63. The molecule has 1 saturated carbocycles. The first-order valence-corrected chi connectivity index (χ1v) is 16.9. The van der Waals surface area contributed by atoms with Crippen LogP contribution in [0.5, 0.6) is 11.9 Å². The molecule has 2 aliphatic rings. The lowest BCUT2D eigenvalue weighted by Gasteiger charge is -2.41. The molecule has 5 rings (SSSR count). The number of fused-ring (bicyclic) bond motifs is 1. The van der Waals surface area contributed by atoms with Crippen molar-refractivity contribution in [3.63, 3.8) is 0 Å². The first kappa shape index (κ1) is 33.8. The summed E-state index contributed by atoms with van der Waals surface area (Å²) in [6, 6.07) is 6.06. The number of ether oxygens (including phenoxy) is 3. The Morgan fingerprint density at radius 3 is 2.39 bits per heavy atom. The van der Waals surface area contributed by atoms with Crippen LogP contribution in [-0.2, 0) is 16.1 Å². The summed E-state index contributed by atoms with van der Waals surface area (Å²) in [6.45, 7) is 17.6. The van der Waals surface area contributed by atoms with Gasteiger partial charge in [-0.1, -0.05) is 6.07 Å². The number of rotatable bonds is 13. The minimum absolute atomic E-state index is 0.106. The van der Waals surface area contributed by atoms with Gasteiger partial charge in [0.1, 0.15) is 5.82 Å². The molecule has 3 aromatic heterocycles. The van der Waals surface area contributed by atoms with Crippen molar-refractivity contribution in [1.82, 2.24) is 34.5 Å². The van der Waals surface area contributed by atoms with Gasteiger partial charge in [-0.15, -0.1) is 0 Å². The standard InChI is InChI=1S/C34H52N8O4/c1-7-45-29-11-9-10-27(36-29)24-42-31-28(22-35-42)30(37-33(38-31)46-8-2)39-16-18-40(19-17-39)32(43)26-14-12-25(13-15-26)23-41(20-21-44-6)34(3,4)5/h9-11,22,25-26H,7-8,12-21,23-24H2,1-6H3. The van der Waals surface area contributed by atoms with Gasteiger partial charge in [-0.25, -0.2) is 9.67 Å². The van der Waals surface area contributed by atoms with Gasteiger partial charge in [0.2, 0.25) is 11.8 Å². The number of amides is 1. The van der Waals surface area contributed by atoms with Crippen LogP contribution in [0.2, 0.25) is 0 Å². The Labute approximate surface area is 273 Å². The van der Waals surface area contributed by atoms with E-state index in [-0.39, 0.29) is 11.5 Å². The number of pyridine rings is 1. The molecule has 0 aromatic carbocycles. The SMILES string of the molecule is CCOc1cccc(Cn2ncc3c(N4CCN(C(=O)C5CCC(CN(CCOC)C(C)(C)C)CC5)CC4)nc(OCC)nc32)n1. The number of nitrogens with zero attached hydrogens (tertiary/aromatic N) is 8. The summed E-state index contributed by atoms with van der Waals surface area (Å²) < 4.78 is 18.6. The van der Waals surface area contributed by atoms with E-state index in [1.54, 1.807) is 7.11 Å². The first-order valence-electron chi connectivity index (χ1n) is 16.9. The van der Waals surface area contributed by atoms with Gasteiger partial charge in [-0.05, 0) is 72.3 Å². The molecule has 0 bridgehead atoms. The number of piperazine rings is 1. The van der Waals surface area contributed by atoms with E-state index in [1.807, 2.05) is 42.9 Å². The second kappa shape index (κ2) is 15.4. The fourth-order valence-electron chi connectivity index (χ4n) is 6.60. The highest BCUT2D eigenvalue weighted by atomic mass is 16.5. The van der Waals surface area contributed by atoms with Crippen LogP contribution < -0.4 is 14.4 Å². The normalized spacial score (nSPS) is 19.2. The zero-order valence-corrected chi connectivity index (χ0v) is 28.6. The molecule has 12 nitrogen and oxygen atoms in total. The number of hydrogen-bond acceptors (Lipinski definition) is 10. The highest BCUT2D eigenvalue weighted by Gasteiger charge is 2.33. The van der Waals surface area contributed by atoms with Crippen molar-refractivity contribution in [2.45, 2.75) is 72.4 Å². The second-order valence-corrected chi connectivity index (χ2v) is 13.3. The molecular formula is C34H52N8O4. The number of hydrogen-bond donors (Lipinski definition) is 0. The summed E-state index contributed by atoms with van der Waals surface area (Å²) in [6.07, 6.45) is 5.96. The molecule has 0 radical (unpaired) electrons. The van der Waals surface area contributed by atoms with Crippen molar-refractivity contribution < 1.29 is 19.0 Å². The topological polar surface area (TPSA) is 111 Å². The summed E-state index contributed by atoms with van der Waals surface area (Å²) in [4.78, 5) is 34.5. The fourth-order valence-corrected chi connectivity index (χ4v) is 6.60. The van der Waals surface area contributed by atoms with E-state index in [4.69, 9.17) is 24.2 Å². The Bertz CT molecular complexity index is 1420. The van der Waals surface area contributed by atoms with E-state index in [2.05, 4.69) is 45.6 Å². The number of carbonyl (C=O) groups is 1. The minimum atomic E-state index is 0.106. The van der Waals surface area contributed by atoms with Crippen molar-refractivity contribution in [3.05, 3.63) is 30.1 Å². The maximum atomic E-state index is 13.6. The third kappa shape index (κ3) is 8.25. The lowest BCUT2D eigenvalue weighted by molar-refractivity contribution is -0.137. The smallest absolute Gasteiger partial charge is 0.320 e. The van der Waals surface area contributed by atoms with Crippen LogP contribution in [0.1, 0.15) is 66.0 Å². The van der Waals surface area contributed by atoms with Crippen molar-refractivity contribution in [1.29, 1.82) is 0 Å². The predicted octanol–water partition coefficient (Wildman–Crippen LogP) is 4.27. The second-order valence-electron chi connectivity index (χ2n) is 13.3. The van der Waals surface area contributed by atoms with Crippen LogP contribution in [0.4, 0.5) is 5.82 Å². The van der Waals surface area contributed by atoms with Gasteiger partial charge in [-0.3, -0.25) is 9.69 Å². The zero-order chi connectivity index (χ0) is 32.7. The number of aromatic nitrogens is 5. The van der Waals surface area contributed by atoms with E-state index < -0.39 is 0 Å². The van der Waals surface area contributed by atoms with E-state index in [9.17, 15) is 4.79 Å². The number of anilines is 1. The molecule has 0 N–H and O–H groups in total. The Morgan fingerprint density at radius 2 is 1.72 bits per heavy atom. The average molecular weight is 637 g/mol. The third-order valence-electron chi connectivity index (χ3n) is 9.19. The lowest BCUT2D eigenvalue weighted by Crippen LogP contribution is -2.51. The van der Waals surface area contributed by atoms with Gasteiger partial charge < -0.3 is 24.0 Å². The molecule has 46 heavy (non-hydrogen) atoms. The Kier molecular flexibility index (Phi) is 11.3. The molecule has 1 saturated heterocycles. The maximum absolute atomic E-state index is 13.6. The predicted molar refractivity (Wildman–Crippen MR) is 178 cm³/mol. The van der Waals surface area contributed by atoms with E-state index in [0.717, 1.165) is 62.3 Å². The molecule has 0 spiro atoms. The zero-order valence-electron chi connectivity index (χ0n) is 28.6. The number of carbonyl (C=O) groups excluding carboxylic acids is 1. The molecular weight excluding hydrogens is 584 g/mol. The van der Waals surface area contributed by atoms with Crippen LogP contribution in [0.25, 0.3) is 11.0 Å². The average Bonchev–Trinajstić information content (AvgIpc) is 3.45. The van der Waals surface area contributed by atoms with Gasteiger partial charge >= 0.3 is 6.01 Å². The monoisotopic (exact) mass is 636 g/mol. The van der Waals surface area contributed by atoms with E-state index in [0.29, 0.717) is 75.3 Å². The van der Waals surface area contributed by atoms with Gasteiger partial charge in [-0.2, -0.15) is 15.1 Å². The Hall–Kier alpha value is -3.51. The molecule has 0 unspecified atom stereocenters. The lowest BCUT2D eigenvalue weighted by atomic mass is 9.80. The van der Waals surface area contributed by atoms with Crippen molar-refractivity contribution >= 4 is 22.8 Å². The minimum Gasteiger partial charge on any atom is -0.478 e. The molecule has 3 aromatic rings. The fraction of sp³-hybridized carbons (Fsp3) is 0.676.